The molecular weight excluding hydrogens is 302 g/mol. The van der Waals surface area contributed by atoms with Crippen LogP contribution in [0.5, 0.6) is 0 Å². The first-order valence-electron chi connectivity index (χ1n) is 6.91. The summed E-state index contributed by atoms with van der Waals surface area (Å²) in [4.78, 5) is 15.4. The minimum Gasteiger partial charge on any atom is -0.309 e. The maximum atomic E-state index is 13.4. The Bertz CT molecular complexity index is 646. The molecule has 2 aliphatic rings. The molecule has 1 saturated heterocycles. The highest BCUT2D eigenvalue weighted by molar-refractivity contribution is 5.95. The molecule has 1 saturated carbocycles. The number of hydrogen-bond acceptors (Lipinski definition) is 3. The number of rotatable bonds is 2. The van der Waals surface area contributed by atoms with E-state index in [1.807, 2.05) is 0 Å². The first-order chi connectivity index (χ1) is 10.1. The first kappa shape index (κ1) is 15.2. The van der Waals surface area contributed by atoms with Gasteiger partial charge in [-0.15, -0.1) is 0 Å². The largest absolute Gasteiger partial charge is 0.436 e. The molecule has 8 heteroatoms. The van der Waals surface area contributed by atoms with Crippen LogP contribution in [0.4, 0.5) is 23.4 Å². The fourth-order valence-corrected chi connectivity index (χ4v) is 2.94. The summed E-state index contributed by atoms with van der Waals surface area (Å²) in [7, 11) is 0. The van der Waals surface area contributed by atoms with Crippen molar-refractivity contribution in [2.24, 2.45) is 5.41 Å². The monoisotopic (exact) mass is 317 g/mol. The van der Waals surface area contributed by atoms with Gasteiger partial charge in [0.05, 0.1) is 6.04 Å². The summed E-state index contributed by atoms with van der Waals surface area (Å²) in [5.41, 5.74) is -1.37. The molecule has 4 nitrogen and oxygen atoms in total. The van der Waals surface area contributed by atoms with E-state index < -0.39 is 29.6 Å². The lowest BCUT2D eigenvalue weighted by Crippen LogP contribution is -2.38. The van der Waals surface area contributed by atoms with Gasteiger partial charge in [0, 0.05) is 6.04 Å². The van der Waals surface area contributed by atoms with E-state index in [-0.39, 0.29) is 22.8 Å². The maximum absolute atomic E-state index is 13.4. The number of fused-ring (bicyclic) bond motifs is 1. The van der Waals surface area contributed by atoms with E-state index in [0.717, 1.165) is 12.5 Å². The van der Waals surface area contributed by atoms with E-state index in [0.29, 0.717) is 6.42 Å². The second-order valence-electron chi connectivity index (χ2n) is 6.31. The van der Waals surface area contributed by atoms with Crippen LogP contribution in [0.15, 0.2) is 6.07 Å². The molecule has 22 heavy (non-hydrogen) atoms. The standard InChI is InChI=1S/C14H15F4N3O/c1-6-3-7(15)10(14(16,17)18)20-11(6)21-12(22)8-4-13(2)5-9(13)19-8/h3,8-9,19H,4-5H2,1-2H3,(H,20,21,22)/t8-,9?,13-/m0/s1. The van der Waals surface area contributed by atoms with Crippen molar-refractivity contribution in [3.05, 3.63) is 23.1 Å². The van der Waals surface area contributed by atoms with Gasteiger partial charge in [0.25, 0.3) is 0 Å². The van der Waals surface area contributed by atoms with Crippen LogP contribution in [0.3, 0.4) is 0 Å². The molecule has 0 aromatic carbocycles. The minimum absolute atomic E-state index is 0.102. The Labute approximate surface area is 124 Å². The van der Waals surface area contributed by atoms with E-state index in [1.165, 1.54) is 6.92 Å². The van der Waals surface area contributed by atoms with Gasteiger partial charge >= 0.3 is 6.18 Å². The number of hydrogen-bond donors (Lipinski definition) is 2. The van der Waals surface area contributed by atoms with Gasteiger partial charge in [-0.2, -0.15) is 13.2 Å². The lowest BCUT2D eigenvalue weighted by atomic mass is 10.0. The van der Waals surface area contributed by atoms with Crippen LogP contribution < -0.4 is 10.6 Å². The minimum atomic E-state index is -4.90. The van der Waals surface area contributed by atoms with Crippen LogP contribution in [-0.2, 0) is 11.0 Å². The molecule has 120 valence electrons. The smallest absolute Gasteiger partial charge is 0.309 e. The Morgan fingerprint density at radius 3 is 2.68 bits per heavy atom. The average molecular weight is 317 g/mol. The number of aromatic nitrogens is 1. The van der Waals surface area contributed by atoms with Crippen molar-refractivity contribution in [2.75, 3.05) is 5.32 Å². The third kappa shape index (κ3) is 2.55. The van der Waals surface area contributed by atoms with E-state index in [4.69, 9.17) is 0 Å². The molecule has 3 atom stereocenters. The van der Waals surface area contributed by atoms with Crippen LogP contribution >= 0.6 is 0 Å². The summed E-state index contributed by atoms with van der Waals surface area (Å²) in [5, 5.41) is 5.50. The van der Waals surface area contributed by atoms with Crippen molar-refractivity contribution < 1.29 is 22.4 Å². The van der Waals surface area contributed by atoms with Crippen LogP contribution in [0, 0.1) is 18.2 Å². The van der Waals surface area contributed by atoms with Gasteiger partial charge < -0.3 is 10.6 Å². The normalized spacial score (nSPS) is 30.1. The molecule has 1 aromatic heterocycles. The summed E-state index contributed by atoms with van der Waals surface area (Å²) in [6.07, 6.45) is -3.27. The third-order valence-corrected chi connectivity index (χ3v) is 4.42. The summed E-state index contributed by atoms with van der Waals surface area (Å²) in [5.74, 6) is -2.15. The van der Waals surface area contributed by atoms with Crippen molar-refractivity contribution in [3.8, 4) is 0 Å². The van der Waals surface area contributed by atoms with E-state index >= 15 is 0 Å². The van der Waals surface area contributed by atoms with E-state index in [1.54, 1.807) is 0 Å². The van der Waals surface area contributed by atoms with Gasteiger partial charge in [-0.1, -0.05) is 6.92 Å². The highest BCUT2D eigenvalue weighted by atomic mass is 19.4. The molecule has 0 radical (unpaired) electrons. The number of nitrogens with zero attached hydrogens (tertiary/aromatic N) is 1. The number of nitrogens with one attached hydrogen (secondary N) is 2. The highest BCUT2D eigenvalue weighted by Gasteiger charge is 2.58. The van der Waals surface area contributed by atoms with Crippen molar-refractivity contribution >= 4 is 11.7 Å². The molecule has 1 unspecified atom stereocenters. The molecule has 1 aliphatic heterocycles. The number of carbonyl (C=O) groups excluding carboxylic acids is 1. The number of aryl methyl sites for hydroxylation is 1. The number of alkyl halides is 3. The van der Waals surface area contributed by atoms with Gasteiger partial charge in [0.1, 0.15) is 5.82 Å². The molecule has 1 aromatic rings. The number of pyridine rings is 1. The molecule has 0 bridgehead atoms. The fraction of sp³-hybridized carbons (Fsp3) is 0.571. The summed E-state index contributed by atoms with van der Waals surface area (Å²) in [6.45, 7) is 3.45. The second kappa shape index (κ2) is 4.65. The lowest BCUT2D eigenvalue weighted by Gasteiger charge is -2.16. The molecule has 3 rings (SSSR count). The zero-order valence-corrected chi connectivity index (χ0v) is 12.0. The topological polar surface area (TPSA) is 54.0 Å². The predicted molar refractivity (Wildman–Crippen MR) is 70.6 cm³/mol. The van der Waals surface area contributed by atoms with Crippen molar-refractivity contribution in [1.82, 2.24) is 10.3 Å². The zero-order valence-electron chi connectivity index (χ0n) is 12.0. The Hall–Kier alpha value is -1.70. The highest BCUT2D eigenvalue weighted by Crippen LogP contribution is 2.53. The van der Waals surface area contributed by atoms with Gasteiger partial charge in [0.2, 0.25) is 5.91 Å². The molecular formula is C14H15F4N3O. The number of piperidine rings is 1. The maximum Gasteiger partial charge on any atom is 0.436 e. The van der Waals surface area contributed by atoms with Crippen molar-refractivity contribution in [3.63, 3.8) is 0 Å². The van der Waals surface area contributed by atoms with Gasteiger partial charge in [-0.25, -0.2) is 9.37 Å². The van der Waals surface area contributed by atoms with Crippen LogP contribution in [0.2, 0.25) is 0 Å². The molecule has 1 aliphatic carbocycles. The Kier molecular flexibility index (Phi) is 3.21. The van der Waals surface area contributed by atoms with Crippen LogP contribution in [0.1, 0.15) is 31.0 Å². The fourth-order valence-electron chi connectivity index (χ4n) is 2.94. The summed E-state index contributed by atoms with van der Waals surface area (Å²) >= 11 is 0. The first-order valence-corrected chi connectivity index (χ1v) is 6.91. The molecule has 2 heterocycles. The lowest BCUT2D eigenvalue weighted by molar-refractivity contribution is -0.143. The molecule has 2 N–H and O–H groups in total. The van der Waals surface area contributed by atoms with Gasteiger partial charge in [-0.05, 0) is 36.8 Å². The Morgan fingerprint density at radius 1 is 1.45 bits per heavy atom. The molecule has 2 fully saturated rings. The van der Waals surface area contributed by atoms with Crippen LogP contribution in [0.25, 0.3) is 0 Å². The molecule has 1 amide bonds. The average Bonchev–Trinajstić information content (AvgIpc) is 2.89. The summed E-state index contributed by atoms with van der Waals surface area (Å²) in [6, 6.07) is 0.562. The molecule has 0 spiro atoms. The van der Waals surface area contributed by atoms with Gasteiger partial charge in [-0.3, -0.25) is 4.79 Å². The number of anilines is 1. The predicted octanol–water partition coefficient (Wildman–Crippen LogP) is 2.63. The van der Waals surface area contributed by atoms with E-state index in [9.17, 15) is 22.4 Å². The quantitative estimate of drug-likeness (QED) is 0.825. The van der Waals surface area contributed by atoms with Crippen LogP contribution in [-0.4, -0.2) is 23.0 Å². The van der Waals surface area contributed by atoms with Crippen molar-refractivity contribution in [1.29, 1.82) is 0 Å². The Balaban J connectivity index is 1.79. The van der Waals surface area contributed by atoms with E-state index in [2.05, 4.69) is 22.5 Å². The second-order valence-corrected chi connectivity index (χ2v) is 6.31. The summed E-state index contributed by atoms with van der Waals surface area (Å²) < 4.78 is 51.4. The Morgan fingerprint density at radius 2 is 2.14 bits per heavy atom. The SMILES string of the molecule is Cc1cc(F)c(C(F)(F)F)nc1NC(=O)[C@@H]1C[C@@]2(C)CC2N1. The third-order valence-electron chi connectivity index (χ3n) is 4.42. The van der Waals surface area contributed by atoms with Crippen molar-refractivity contribution in [2.45, 2.75) is 44.9 Å². The van der Waals surface area contributed by atoms with Gasteiger partial charge in [0.15, 0.2) is 11.5 Å². The zero-order chi connectivity index (χ0) is 16.3. The number of amides is 1. The number of carbonyl (C=O) groups is 1. The number of halogens is 4.